The normalized spacial score (nSPS) is 11.7. The van der Waals surface area contributed by atoms with Crippen molar-refractivity contribution < 1.29 is 39.5 Å². The van der Waals surface area contributed by atoms with Crippen molar-refractivity contribution in [1.82, 2.24) is 0 Å². The summed E-state index contributed by atoms with van der Waals surface area (Å²) < 4.78 is 118. The summed E-state index contributed by atoms with van der Waals surface area (Å²) in [5.41, 5.74) is 8.53. The van der Waals surface area contributed by atoms with Gasteiger partial charge in [-0.15, -0.1) is 0 Å². The lowest BCUT2D eigenvalue weighted by Gasteiger charge is -2.22. The van der Waals surface area contributed by atoms with Crippen molar-refractivity contribution in [2.75, 3.05) is 0 Å². The maximum Gasteiger partial charge on any atom is 0.177 e. The molecule has 0 aliphatic heterocycles. The number of hydrogen-bond donors (Lipinski definition) is 0. The van der Waals surface area contributed by atoms with Crippen LogP contribution in [0.25, 0.3) is 0 Å². The molecule has 101 heavy (non-hydrogen) atoms. The fourth-order valence-corrected chi connectivity index (χ4v) is 12.1. The molecule has 0 radical (unpaired) electrons. The molecule has 0 saturated heterocycles. The van der Waals surface area contributed by atoms with E-state index in [1.54, 1.807) is 71.0 Å². The first-order valence-corrected chi connectivity index (χ1v) is 35.2. The molecule has 8 rings (SSSR count). The van der Waals surface area contributed by atoms with Crippen molar-refractivity contribution >= 4 is 69.6 Å². The second kappa shape index (κ2) is 38.8. The van der Waals surface area contributed by atoms with Crippen LogP contribution in [0.4, 0.5) is 39.5 Å². The first-order valence-electron chi connectivity index (χ1n) is 32.9. The van der Waals surface area contributed by atoms with Crippen LogP contribution in [0.3, 0.4) is 0 Å². The van der Waals surface area contributed by atoms with Crippen LogP contribution >= 0.6 is 69.6 Å². The average molecular weight is 1530 g/mol. The Morgan fingerprint density at radius 2 is 0.545 bits per heavy atom. The number of halogens is 15. The van der Waals surface area contributed by atoms with Crippen LogP contribution in [0, 0.1) is 87.0 Å². The van der Waals surface area contributed by atoms with E-state index in [0.717, 1.165) is 67.2 Å². The lowest BCUT2D eigenvalue weighted by atomic mass is 9.85. The molecular formula is C86H111Cl6F9. The summed E-state index contributed by atoms with van der Waals surface area (Å²) in [5, 5.41) is 2.56. The molecule has 0 fully saturated rings. The molecule has 0 unspecified atom stereocenters. The summed E-state index contributed by atoms with van der Waals surface area (Å²) in [6, 6.07) is 33.5. The van der Waals surface area contributed by atoms with Crippen LogP contribution in [-0.4, -0.2) is 0 Å². The van der Waals surface area contributed by atoms with E-state index in [-0.39, 0.29) is 84.5 Å². The van der Waals surface area contributed by atoms with Crippen molar-refractivity contribution in [3.8, 4) is 0 Å². The molecular weight excluding hydrogens is 1420 g/mol. The Hall–Kier alpha value is -5.13. The van der Waals surface area contributed by atoms with Gasteiger partial charge in [-0.3, -0.25) is 0 Å². The fourth-order valence-electron chi connectivity index (χ4n) is 9.60. The standard InChI is InChI=1S/C11H13ClF2.C11H14ClF.3C11H15F.C10H12Cl2.C10H11ClF2.C10H12ClF.CH4/c1-6-7(13)5-8(14)9(10(6)12)11(2,3)4;1-7-9(13)6-5-8(10(7)12)11(2,3)4;3*1-8-6-5-7-9(10(8)12)11(2,3)4;1-10(2,3)8-5-4-7(11)6-9(8)12;1-10(2,3)6-4-5-7(12)9(13)8(6)11;1-10(2,3)8-5-4-7(12)6-9(8)11;/h5H,1-4H3;5-6H,1-4H3;3*5-7H,1-4H3;4-6H,1-3H3;4-5H,1-3H3;4-6H,1-3H3;1H4. The highest BCUT2D eigenvalue weighted by atomic mass is 35.5. The lowest BCUT2D eigenvalue weighted by Crippen LogP contribution is -2.15. The molecule has 0 saturated carbocycles. The van der Waals surface area contributed by atoms with E-state index >= 15 is 0 Å². The van der Waals surface area contributed by atoms with E-state index in [1.807, 2.05) is 173 Å². The largest absolute Gasteiger partial charge is 0.207 e. The van der Waals surface area contributed by atoms with E-state index in [4.69, 9.17) is 69.6 Å². The third-order valence-corrected chi connectivity index (χ3v) is 17.8. The van der Waals surface area contributed by atoms with Crippen molar-refractivity contribution in [3.63, 3.8) is 0 Å². The fraction of sp³-hybridized carbons (Fsp3) is 0.442. The summed E-state index contributed by atoms with van der Waals surface area (Å²) in [4.78, 5) is 0. The quantitative estimate of drug-likeness (QED) is 0.105. The predicted molar refractivity (Wildman–Crippen MR) is 421 cm³/mol. The van der Waals surface area contributed by atoms with E-state index in [0.29, 0.717) is 37.3 Å². The second-order valence-corrected chi connectivity index (χ2v) is 35.4. The van der Waals surface area contributed by atoms with Gasteiger partial charge in [-0.1, -0.05) is 322 Å². The second-order valence-electron chi connectivity index (χ2n) is 33.0. The minimum Gasteiger partial charge on any atom is -0.207 e. The summed E-state index contributed by atoms with van der Waals surface area (Å²) in [6.45, 7) is 56.7. The number of rotatable bonds is 0. The first kappa shape index (κ1) is 95.9. The number of benzene rings is 8. The van der Waals surface area contributed by atoms with Gasteiger partial charge in [0.2, 0.25) is 0 Å². The molecule has 8 aromatic rings. The molecule has 560 valence electrons. The number of hydrogen-bond acceptors (Lipinski definition) is 0. The minimum atomic E-state index is -0.964. The molecule has 0 amide bonds. The molecule has 8 aromatic carbocycles. The van der Waals surface area contributed by atoms with Gasteiger partial charge in [0.05, 0.1) is 15.1 Å². The Labute approximate surface area is 632 Å². The zero-order chi connectivity index (χ0) is 78.3. The van der Waals surface area contributed by atoms with Gasteiger partial charge in [0.25, 0.3) is 0 Å². The molecule has 0 N–H and O–H groups in total. The van der Waals surface area contributed by atoms with Crippen LogP contribution in [-0.2, 0) is 43.3 Å². The maximum atomic E-state index is 13.5. The van der Waals surface area contributed by atoms with Crippen LogP contribution in [0.2, 0.25) is 30.1 Å². The van der Waals surface area contributed by atoms with Crippen LogP contribution in [0.1, 0.15) is 246 Å². The van der Waals surface area contributed by atoms with Crippen LogP contribution < -0.4 is 0 Å². The molecule has 0 bridgehead atoms. The molecule has 0 nitrogen and oxygen atoms in total. The monoisotopic (exact) mass is 1520 g/mol. The summed E-state index contributed by atoms with van der Waals surface area (Å²) >= 11 is 35.3. The highest BCUT2D eigenvalue weighted by Gasteiger charge is 2.27. The Bertz CT molecular complexity index is 3710. The Morgan fingerprint density at radius 3 is 0.851 bits per heavy atom. The predicted octanol–water partition coefficient (Wildman–Crippen LogP) is 31.2. The summed E-state index contributed by atoms with van der Waals surface area (Å²) in [5.74, 6) is -3.76. The van der Waals surface area contributed by atoms with Gasteiger partial charge in [-0.05, 0) is 170 Å². The molecule has 0 aliphatic carbocycles. The first-order chi connectivity index (χ1) is 45.0. The van der Waals surface area contributed by atoms with Crippen molar-refractivity contribution in [1.29, 1.82) is 0 Å². The Balaban J connectivity index is 0.00000113. The minimum absolute atomic E-state index is 0. The molecule has 15 heteroatoms. The van der Waals surface area contributed by atoms with Crippen molar-refractivity contribution in [3.05, 3.63) is 276 Å². The van der Waals surface area contributed by atoms with E-state index in [9.17, 15) is 39.5 Å². The van der Waals surface area contributed by atoms with Gasteiger partial charge >= 0.3 is 0 Å². The highest BCUT2D eigenvalue weighted by Crippen LogP contribution is 2.38. The van der Waals surface area contributed by atoms with Gasteiger partial charge < -0.3 is 0 Å². The summed E-state index contributed by atoms with van der Waals surface area (Å²) in [7, 11) is 0. The zero-order valence-corrected chi connectivity index (χ0v) is 68.8. The Morgan fingerprint density at radius 1 is 0.248 bits per heavy atom. The molecule has 0 spiro atoms. The van der Waals surface area contributed by atoms with E-state index < -0.39 is 28.7 Å². The van der Waals surface area contributed by atoms with E-state index in [2.05, 4.69) is 41.5 Å². The molecule has 0 atom stereocenters. The number of aryl methyl sites for hydroxylation is 3. The van der Waals surface area contributed by atoms with Gasteiger partial charge in [0.1, 0.15) is 40.7 Å². The van der Waals surface area contributed by atoms with Gasteiger partial charge in [-0.25, -0.2) is 39.5 Å². The van der Waals surface area contributed by atoms with Gasteiger partial charge in [-0.2, -0.15) is 0 Å². The molecule has 0 aliphatic rings. The molecule has 0 aromatic heterocycles. The van der Waals surface area contributed by atoms with Gasteiger partial charge in [0.15, 0.2) is 11.6 Å². The highest BCUT2D eigenvalue weighted by molar-refractivity contribution is 6.35. The zero-order valence-electron chi connectivity index (χ0n) is 64.2. The topological polar surface area (TPSA) is 0 Å². The van der Waals surface area contributed by atoms with Crippen LogP contribution in [0.15, 0.2) is 121 Å². The average Bonchev–Trinajstić information content (AvgIpc) is 0.801. The van der Waals surface area contributed by atoms with E-state index in [1.165, 1.54) is 24.3 Å². The third kappa shape index (κ3) is 30.1. The summed E-state index contributed by atoms with van der Waals surface area (Å²) in [6.07, 6.45) is 0. The third-order valence-electron chi connectivity index (χ3n) is 15.6. The smallest absolute Gasteiger partial charge is 0.177 e. The molecule has 0 heterocycles. The van der Waals surface area contributed by atoms with Crippen LogP contribution in [0.5, 0.6) is 0 Å². The SMILES string of the molecule is C.CC(C)(C)c1ccc(Cl)cc1Cl.CC(C)(C)c1ccc(F)c(F)c1Cl.CC(C)(C)c1ccc(F)cc1Cl.Cc1c(F)cc(F)c(C(C)(C)C)c1Cl.Cc1c(F)ccc(C(C)(C)C)c1Cl.Cc1cccc(C(C)(C)C)c1F.Cc1cccc(C(C)(C)C)c1F.Cc1cccc(C(C)(C)C)c1F. The maximum absolute atomic E-state index is 13.5. The van der Waals surface area contributed by atoms with Gasteiger partial charge in [0, 0.05) is 37.8 Å². The van der Waals surface area contributed by atoms with Crippen molar-refractivity contribution in [2.24, 2.45) is 0 Å². The lowest BCUT2D eigenvalue weighted by molar-refractivity contribution is 0.499. The Kier molecular flexibility index (Phi) is 36.8. The van der Waals surface area contributed by atoms with Crippen molar-refractivity contribution in [2.45, 2.75) is 252 Å².